The summed E-state index contributed by atoms with van der Waals surface area (Å²) in [6.07, 6.45) is 1.09. The molecule has 0 amide bonds. The van der Waals surface area contributed by atoms with Gasteiger partial charge in [0, 0.05) is 19.4 Å². The van der Waals surface area contributed by atoms with Gasteiger partial charge in [0.15, 0.2) is 20.6 Å². The molecule has 7 nitrogen and oxygen atoms in total. The standard InChI is InChI=1S/C12H16N4O3S/c1-14-12-10(20(3,17)18)11(13)16(15-12)8-5-4-6-9(7-8)19-2/h4-7H,13H2,1-3H3,(H,14,15). The highest BCUT2D eigenvalue weighted by atomic mass is 32.2. The molecule has 0 aliphatic carbocycles. The van der Waals surface area contributed by atoms with E-state index in [4.69, 9.17) is 10.5 Å². The van der Waals surface area contributed by atoms with Gasteiger partial charge >= 0.3 is 0 Å². The van der Waals surface area contributed by atoms with Gasteiger partial charge in [-0.2, -0.15) is 0 Å². The minimum atomic E-state index is -3.48. The fourth-order valence-corrected chi connectivity index (χ4v) is 2.85. The van der Waals surface area contributed by atoms with Gasteiger partial charge in [-0.3, -0.25) is 0 Å². The lowest BCUT2D eigenvalue weighted by Crippen LogP contribution is -2.06. The van der Waals surface area contributed by atoms with Crippen LogP contribution in [-0.2, 0) is 9.84 Å². The predicted molar refractivity (Wildman–Crippen MR) is 77.2 cm³/mol. The van der Waals surface area contributed by atoms with E-state index in [1.54, 1.807) is 38.4 Å². The molecule has 2 rings (SSSR count). The van der Waals surface area contributed by atoms with Crippen LogP contribution < -0.4 is 15.8 Å². The van der Waals surface area contributed by atoms with E-state index < -0.39 is 9.84 Å². The number of nitrogens with zero attached hydrogens (tertiary/aromatic N) is 2. The zero-order valence-corrected chi connectivity index (χ0v) is 12.2. The fraction of sp³-hybridized carbons (Fsp3) is 0.250. The van der Waals surface area contributed by atoms with E-state index in [-0.39, 0.29) is 16.5 Å². The van der Waals surface area contributed by atoms with E-state index in [2.05, 4.69) is 10.4 Å². The molecule has 1 heterocycles. The monoisotopic (exact) mass is 296 g/mol. The first-order valence-electron chi connectivity index (χ1n) is 5.79. The van der Waals surface area contributed by atoms with Crippen molar-refractivity contribution in [2.45, 2.75) is 4.90 Å². The van der Waals surface area contributed by atoms with E-state index in [1.807, 2.05) is 0 Å². The maximum absolute atomic E-state index is 11.8. The van der Waals surface area contributed by atoms with Crippen molar-refractivity contribution < 1.29 is 13.2 Å². The molecule has 0 aliphatic rings. The Bertz CT molecular complexity index is 737. The summed E-state index contributed by atoms with van der Waals surface area (Å²) in [5, 5.41) is 6.93. The van der Waals surface area contributed by atoms with Crippen LogP contribution in [0.5, 0.6) is 5.75 Å². The number of hydrogen-bond acceptors (Lipinski definition) is 6. The maximum atomic E-state index is 11.8. The summed E-state index contributed by atoms with van der Waals surface area (Å²) in [5.41, 5.74) is 6.55. The summed E-state index contributed by atoms with van der Waals surface area (Å²) in [7, 11) is -0.343. The third-order valence-corrected chi connectivity index (χ3v) is 3.93. The van der Waals surface area contributed by atoms with Crippen molar-refractivity contribution in [1.82, 2.24) is 9.78 Å². The number of benzene rings is 1. The molecule has 3 N–H and O–H groups in total. The number of anilines is 2. The second-order valence-electron chi connectivity index (χ2n) is 4.20. The lowest BCUT2D eigenvalue weighted by molar-refractivity contribution is 0.414. The van der Waals surface area contributed by atoms with Gasteiger partial charge in [-0.1, -0.05) is 6.07 Å². The van der Waals surface area contributed by atoms with Gasteiger partial charge in [0.05, 0.1) is 12.8 Å². The van der Waals surface area contributed by atoms with Crippen molar-refractivity contribution in [3.63, 3.8) is 0 Å². The lowest BCUT2D eigenvalue weighted by Gasteiger charge is -2.06. The second kappa shape index (κ2) is 5.04. The van der Waals surface area contributed by atoms with Gasteiger partial charge in [-0.25, -0.2) is 13.1 Å². The van der Waals surface area contributed by atoms with Crippen LogP contribution >= 0.6 is 0 Å². The Morgan fingerprint density at radius 3 is 2.60 bits per heavy atom. The summed E-state index contributed by atoms with van der Waals surface area (Å²) in [4.78, 5) is -0.0113. The first kappa shape index (κ1) is 14.2. The molecule has 108 valence electrons. The Labute approximate surface area is 117 Å². The molecular weight excluding hydrogens is 280 g/mol. The van der Waals surface area contributed by atoms with Crippen molar-refractivity contribution in [3.8, 4) is 11.4 Å². The molecule has 0 fully saturated rings. The van der Waals surface area contributed by atoms with Crippen molar-refractivity contribution in [1.29, 1.82) is 0 Å². The molecule has 20 heavy (non-hydrogen) atoms. The SMILES string of the molecule is CNc1nn(-c2cccc(OC)c2)c(N)c1S(C)(=O)=O. The van der Waals surface area contributed by atoms with Gasteiger partial charge in [0.2, 0.25) is 0 Å². The summed E-state index contributed by atoms with van der Waals surface area (Å²) in [6, 6.07) is 7.03. The molecule has 1 aromatic carbocycles. The molecule has 1 aromatic heterocycles. The molecule has 0 aliphatic heterocycles. The zero-order valence-electron chi connectivity index (χ0n) is 11.4. The van der Waals surface area contributed by atoms with Crippen LogP contribution in [0, 0.1) is 0 Å². The first-order chi connectivity index (χ1) is 9.38. The topological polar surface area (TPSA) is 99.2 Å². The smallest absolute Gasteiger partial charge is 0.182 e. The molecule has 0 unspecified atom stereocenters. The quantitative estimate of drug-likeness (QED) is 0.870. The van der Waals surface area contributed by atoms with E-state index in [9.17, 15) is 8.42 Å². The highest BCUT2D eigenvalue weighted by Gasteiger charge is 2.24. The van der Waals surface area contributed by atoms with Crippen molar-refractivity contribution in [2.75, 3.05) is 31.5 Å². The molecule has 0 saturated heterocycles. The number of nitrogens with one attached hydrogen (secondary N) is 1. The van der Waals surface area contributed by atoms with Crippen LogP contribution in [0.1, 0.15) is 0 Å². The number of rotatable bonds is 4. The first-order valence-corrected chi connectivity index (χ1v) is 7.68. The highest BCUT2D eigenvalue weighted by molar-refractivity contribution is 7.91. The number of nitrogens with two attached hydrogens (primary N) is 1. The van der Waals surface area contributed by atoms with E-state index >= 15 is 0 Å². The van der Waals surface area contributed by atoms with Crippen molar-refractivity contribution >= 4 is 21.5 Å². The summed E-state index contributed by atoms with van der Waals surface area (Å²) < 4.78 is 30.1. The molecule has 8 heteroatoms. The molecular formula is C12H16N4O3S. The van der Waals surface area contributed by atoms with Crippen LogP contribution in [0.4, 0.5) is 11.6 Å². The normalized spacial score (nSPS) is 11.3. The third-order valence-electron chi connectivity index (χ3n) is 2.78. The number of ether oxygens (including phenoxy) is 1. The summed E-state index contributed by atoms with van der Waals surface area (Å²) in [6.45, 7) is 0. The Morgan fingerprint density at radius 2 is 2.10 bits per heavy atom. The molecule has 0 saturated carbocycles. The van der Waals surface area contributed by atoms with Crippen LogP contribution in [-0.4, -0.2) is 38.6 Å². The number of methoxy groups -OCH3 is 1. The van der Waals surface area contributed by atoms with E-state index in [0.29, 0.717) is 11.4 Å². The van der Waals surface area contributed by atoms with E-state index in [1.165, 1.54) is 4.68 Å². The highest BCUT2D eigenvalue weighted by Crippen LogP contribution is 2.29. The van der Waals surface area contributed by atoms with Crippen LogP contribution in [0.25, 0.3) is 5.69 Å². The molecule has 2 aromatic rings. The van der Waals surface area contributed by atoms with Crippen LogP contribution in [0.15, 0.2) is 29.2 Å². The molecule has 0 radical (unpaired) electrons. The molecule has 0 bridgehead atoms. The Kier molecular flexibility index (Phi) is 3.58. The zero-order chi connectivity index (χ0) is 14.9. The number of hydrogen-bond donors (Lipinski definition) is 2. The third kappa shape index (κ3) is 2.42. The molecule has 0 spiro atoms. The van der Waals surface area contributed by atoms with Crippen LogP contribution in [0.2, 0.25) is 0 Å². The van der Waals surface area contributed by atoms with Gasteiger partial charge in [0.25, 0.3) is 0 Å². The van der Waals surface area contributed by atoms with Gasteiger partial charge in [-0.15, -0.1) is 5.10 Å². The van der Waals surface area contributed by atoms with Gasteiger partial charge in [0.1, 0.15) is 11.6 Å². The summed E-state index contributed by atoms with van der Waals surface area (Å²) in [5.74, 6) is 0.905. The van der Waals surface area contributed by atoms with Crippen molar-refractivity contribution in [3.05, 3.63) is 24.3 Å². The van der Waals surface area contributed by atoms with E-state index in [0.717, 1.165) is 6.26 Å². The number of aromatic nitrogens is 2. The Morgan fingerprint density at radius 1 is 1.40 bits per heavy atom. The molecule has 0 atom stereocenters. The Balaban J connectivity index is 2.67. The Hall–Kier alpha value is -2.22. The summed E-state index contributed by atoms with van der Waals surface area (Å²) >= 11 is 0. The minimum absolute atomic E-state index is 0.0113. The minimum Gasteiger partial charge on any atom is -0.497 e. The number of nitrogen functional groups attached to an aromatic ring is 1. The van der Waals surface area contributed by atoms with Gasteiger partial charge < -0.3 is 15.8 Å². The van der Waals surface area contributed by atoms with Gasteiger partial charge in [-0.05, 0) is 12.1 Å². The lowest BCUT2D eigenvalue weighted by atomic mass is 10.3. The van der Waals surface area contributed by atoms with Crippen molar-refractivity contribution in [2.24, 2.45) is 0 Å². The predicted octanol–water partition coefficient (Wildman–Crippen LogP) is 0.908. The largest absolute Gasteiger partial charge is 0.497 e. The average Bonchev–Trinajstić information content (AvgIpc) is 2.75. The van der Waals surface area contributed by atoms with Crippen LogP contribution in [0.3, 0.4) is 0 Å². The fourth-order valence-electron chi connectivity index (χ4n) is 1.88. The number of sulfone groups is 1. The maximum Gasteiger partial charge on any atom is 0.182 e. The average molecular weight is 296 g/mol. The second-order valence-corrected chi connectivity index (χ2v) is 6.15.